The lowest BCUT2D eigenvalue weighted by Crippen LogP contribution is -2.54. The maximum absolute atomic E-state index is 12.8. The minimum Gasteiger partial charge on any atom is -0.467 e. The number of carbonyl (C=O) groups excluding carboxylic acids is 4. The molecule has 0 bridgehead atoms. The van der Waals surface area contributed by atoms with E-state index in [0.29, 0.717) is 12.2 Å². The SMILES string of the molecule is CC(OC(=O)CN1C(=O)NC2(CCCCC2C)C1=O)C(=O)NCc1ccco1. The number of urea groups is 1. The molecule has 3 unspecified atom stereocenters. The Labute approximate surface area is 162 Å². The third-order valence-electron chi connectivity index (χ3n) is 5.48. The molecule has 3 rings (SSSR count). The van der Waals surface area contributed by atoms with Gasteiger partial charge in [-0.25, -0.2) is 4.79 Å². The van der Waals surface area contributed by atoms with Crippen LogP contribution in [0.1, 0.15) is 45.3 Å². The first-order valence-electron chi connectivity index (χ1n) is 9.47. The molecule has 3 atom stereocenters. The number of imide groups is 1. The Hall–Kier alpha value is -2.84. The number of esters is 1. The Bertz CT molecular complexity index is 762. The predicted octanol–water partition coefficient (Wildman–Crippen LogP) is 1.33. The molecule has 2 N–H and O–H groups in total. The highest BCUT2D eigenvalue weighted by molar-refractivity contribution is 6.09. The van der Waals surface area contributed by atoms with Gasteiger partial charge in [0, 0.05) is 0 Å². The lowest BCUT2D eigenvalue weighted by atomic mass is 9.73. The molecule has 0 aromatic carbocycles. The predicted molar refractivity (Wildman–Crippen MR) is 96.7 cm³/mol. The Morgan fingerprint density at radius 2 is 2.21 bits per heavy atom. The fourth-order valence-corrected chi connectivity index (χ4v) is 3.79. The summed E-state index contributed by atoms with van der Waals surface area (Å²) in [4.78, 5) is 50.2. The van der Waals surface area contributed by atoms with E-state index >= 15 is 0 Å². The number of nitrogens with one attached hydrogen (secondary N) is 2. The zero-order valence-corrected chi connectivity index (χ0v) is 16.0. The van der Waals surface area contributed by atoms with Crippen LogP contribution in [0.5, 0.6) is 0 Å². The zero-order valence-electron chi connectivity index (χ0n) is 16.0. The van der Waals surface area contributed by atoms with E-state index in [4.69, 9.17) is 9.15 Å². The quantitative estimate of drug-likeness (QED) is 0.558. The molecule has 2 fully saturated rings. The molecule has 9 heteroatoms. The number of rotatable bonds is 6. The van der Waals surface area contributed by atoms with Crippen LogP contribution in [0.25, 0.3) is 0 Å². The van der Waals surface area contributed by atoms with Crippen molar-refractivity contribution >= 4 is 23.8 Å². The van der Waals surface area contributed by atoms with Gasteiger partial charge in [0.15, 0.2) is 6.10 Å². The summed E-state index contributed by atoms with van der Waals surface area (Å²) >= 11 is 0. The van der Waals surface area contributed by atoms with E-state index in [-0.39, 0.29) is 12.5 Å². The van der Waals surface area contributed by atoms with Crippen molar-refractivity contribution in [3.8, 4) is 0 Å². The summed E-state index contributed by atoms with van der Waals surface area (Å²) in [6, 6.07) is 2.81. The summed E-state index contributed by atoms with van der Waals surface area (Å²) in [7, 11) is 0. The van der Waals surface area contributed by atoms with Gasteiger partial charge >= 0.3 is 12.0 Å². The lowest BCUT2D eigenvalue weighted by molar-refractivity contribution is -0.157. The van der Waals surface area contributed by atoms with Crippen LogP contribution in [-0.4, -0.2) is 46.9 Å². The number of hydrogen-bond acceptors (Lipinski definition) is 6. The fraction of sp³-hybridized carbons (Fsp3) is 0.579. The van der Waals surface area contributed by atoms with Gasteiger partial charge in [0.2, 0.25) is 0 Å². The van der Waals surface area contributed by atoms with Crippen LogP contribution < -0.4 is 10.6 Å². The van der Waals surface area contributed by atoms with E-state index in [2.05, 4.69) is 10.6 Å². The number of amides is 4. The maximum atomic E-state index is 12.8. The number of ether oxygens (including phenoxy) is 1. The van der Waals surface area contributed by atoms with E-state index in [1.54, 1.807) is 12.1 Å². The molecule has 4 amide bonds. The minimum absolute atomic E-state index is 0.00465. The summed E-state index contributed by atoms with van der Waals surface area (Å²) in [5.41, 5.74) is -0.929. The van der Waals surface area contributed by atoms with Gasteiger partial charge in [-0.15, -0.1) is 0 Å². The highest BCUT2D eigenvalue weighted by Gasteiger charge is 2.55. The first-order valence-corrected chi connectivity index (χ1v) is 9.47. The van der Waals surface area contributed by atoms with Crippen LogP contribution in [0.3, 0.4) is 0 Å². The fourth-order valence-electron chi connectivity index (χ4n) is 3.79. The maximum Gasteiger partial charge on any atom is 0.327 e. The van der Waals surface area contributed by atoms with Gasteiger partial charge in [0.1, 0.15) is 17.8 Å². The second kappa shape index (κ2) is 8.04. The molecule has 9 nitrogen and oxygen atoms in total. The molecule has 1 aliphatic carbocycles. The molecule has 1 aromatic rings. The number of carbonyl (C=O) groups is 4. The molecule has 2 heterocycles. The Morgan fingerprint density at radius 3 is 2.89 bits per heavy atom. The first kappa shape index (κ1) is 19.9. The zero-order chi connectivity index (χ0) is 20.3. The minimum atomic E-state index is -1.06. The van der Waals surface area contributed by atoms with E-state index in [9.17, 15) is 19.2 Å². The molecule has 1 saturated heterocycles. The van der Waals surface area contributed by atoms with Crippen molar-refractivity contribution in [2.75, 3.05) is 6.54 Å². The van der Waals surface area contributed by atoms with Crippen LogP contribution >= 0.6 is 0 Å². The Balaban J connectivity index is 1.53. The largest absolute Gasteiger partial charge is 0.467 e. The molecule has 0 radical (unpaired) electrons. The lowest BCUT2D eigenvalue weighted by Gasteiger charge is -2.36. The van der Waals surface area contributed by atoms with Crippen LogP contribution in [0.15, 0.2) is 22.8 Å². The summed E-state index contributed by atoms with van der Waals surface area (Å²) < 4.78 is 10.2. The van der Waals surface area contributed by atoms with Crippen LogP contribution in [-0.2, 0) is 25.7 Å². The Morgan fingerprint density at radius 1 is 1.43 bits per heavy atom. The highest BCUT2D eigenvalue weighted by atomic mass is 16.5. The molecule has 28 heavy (non-hydrogen) atoms. The van der Waals surface area contributed by atoms with Gasteiger partial charge in [-0.1, -0.05) is 19.8 Å². The van der Waals surface area contributed by atoms with Crippen molar-refractivity contribution in [2.45, 2.75) is 57.7 Å². The monoisotopic (exact) mass is 391 g/mol. The smallest absolute Gasteiger partial charge is 0.327 e. The molecule has 2 aliphatic rings. The summed E-state index contributed by atoms with van der Waals surface area (Å²) in [6.07, 6.45) is 3.70. The third kappa shape index (κ3) is 3.88. The second-order valence-electron chi connectivity index (χ2n) is 7.37. The van der Waals surface area contributed by atoms with Crippen LogP contribution in [0.4, 0.5) is 4.79 Å². The van der Waals surface area contributed by atoms with Gasteiger partial charge in [-0.2, -0.15) is 0 Å². The summed E-state index contributed by atoms with van der Waals surface area (Å²) in [6.45, 7) is 3.01. The molecule has 1 aromatic heterocycles. The van der Waals surface area contributed by atoms with Gasteiger partial charge < -0.3 is 19.8 Å². The summed E-state index contributed by atoms with van der Waals surface area (Å²) in [5.74, 6) is -1.14. The van der Waals surface area contributed by atoms with Crippen molar-refractivity contribution in [1.29, 1.82) is 0 Å². The number of hydrogen-bond donors (Lipinski definition) is 2. The van der Waals surface area contributed by atoms with Gasteiger partial charge in [0.25, 0.3) is 11.8 Å². The standard InChI is InChI=1S/C19H25N3O6/c1-12-6-3-4-8-19(12)17(25)22(18(26)21-19)11-15(23)28-13(2)16(24)20-10-14-7-5-9-27-14/h5,7,9,12-13H,3-4,6,8,10-11H2,1-2H3,(H,20,24)(H,21,26). The molecule has 1 spiro atoms. The number of nitrogens with zero attached hydrogens (tertiary/aromatic N) is 1. The number of furan rings is 1. The van der Waals surface area contributed by atoms with Crippen molar-refractivity contribution in [2.24, 2.45) is 5.92 Å². The van der Waals surface area contributed by atoms with E-state index in [1.165, 1.54) is 13.2 Å². The van der Waals surface area contributed by atoms with Crippen molar-refractivity contribution < 1.29 is 28.3 Å². The second-order valence-corrected chi connectivity index (χ2v) is 7.37. The van der Waals surface area contributed by atoms with Crippen molar-refractivity contribution in [3.05, 3.63) is 24.2 Å². The van der Waals surface area contributed by atoms with Crippen molar-refractivity contribution in [3.63, 3.8) is 0 Å². The highest BCUT2D eigenvalue weighted by Crippen LogP contribution is 2.38. The molecule has 1 saturated carbocycles. The average Bonchev–Trinajstić information content (AvgIpc) is 3.25. The van der Waals surface area contributed by atoms with Crippen LogP contribution in [0, 0.1) is 5.92 Å². The third-order valence-corrected chi connectivity index (χ3v) is 5.48. The van der Waals surface area contributed by atoms with Gasteiger partial charge in [0.05, 0.1) is 12.8 Å². The van der Waals surface area contributed by atoms with E-state index < -0.39 is 42.0 Å². The van der Waals surface area contributed by atoms with Crippen LogP contribution in [0.2, 0.25) is 0 Å². The topological polar surface area (TPSA) is 118 Å². The summed E-state index contributed by atoms with van der Waals surface area (Å²) in [5, 5.41) is 5.36. The first-order chi connectivity index (χ1) is 13.3. The van der Waals surface area contributed by atoms with E-state index in [0.717, 1.165) is 24.2 Å². The normalized spacial score (nSPS) is 25.5. The van der Waals surface area contributed by atoms with Gasteiger partial charge in [-0.3, -0.25) is 19.3 Å². The molecular weight excluding hydrogens is 366 g/mol. The van der Waals surface area contributed by atoms with E-state index in [1.807, 2.05) is 6.92 Å². The Kier molecular flexibility index (Phi) is 5.71. The average molecular weight is 391 g/mol. The molecular formula is C19H25N3O6. The van der Waals surface area contributed by atoms with Gasteiger partial charge in [-0.05, 0) is 37.8 Å². The molecule has 152 valence electrons. The molecule has 1 aliphatic heterocycles. The van der Waals surface area contributed by atoms with Crippen molar-refractivity contribution in [1.82, 2.24) is 15.5 Å².